The Morgan fingerprint density at radius 2 is 1.61 bits per heavy atom. The molecule has 2 aromatic rings. The normalized spacial score (nSPS) is 18.2. The zero-order valence-electron chi connectivity index (χ0n) is 19.1. The highest BCUT2D eigenvalue weighted by atomic mass is 19.1. The van der Waals surface area contributed by atoms with Crippen LogP contribution in [-0.4, -0.2) is 73.5 Å². The molecule has 2 heterocycles. The van der Waals surface area contributed by atoms with E-state index in [9.17, 15) is 14.0 Å². The molecule has 176 valence electrons. The lowest BCUT2D eigenvalue weighted by molar-refractivity contribution is -0.122. The molecule has 2 fully saturated rings. The number of nitrogens with zero attached hydrogens (tertiary/aromatic N) is 3. The van der Waals surface area contributed by atoms with Gasteiger partial charge in [-0.15, -0.1) is 0 Å². The third-order valence-corrected chi connectivity index (χ3v) is 6.42. The summed E-state index contributed by atoms with van der Waals surface area (Å²) >= 11 is 0. The van der Waals surface area contributed by atoms with Gasteiger partial charge in [0.15, 0.2) is 0 Å². The second-order valence-corrected chi connectivity index (χ2v) is 8.78. The van der Waals surface area contributed by atoms with Gasteiger partial charge in [0.25, 0.3) is 0 Å². The standard InChI is InChI=1S/C25H32FN5O2/c1-19(25(33)28-22-6-4-5-20(26)17-22)30-15-13-29(14-16-30)18-24(32)27-21-7-9-23(10-8-21)31-11-2-3-12-31/h4-10,17,19H,2-3,11-16,18H2,1H3,(H,27,32)(H,28,33). The molecule has 1 atom stereocenters. The number of hydrogen-bond acceptors (Lipinski definition) is 5. The number of carbonyl (C=O) groups excluding carboxylic acids is 2. The maximum atomic E-state index is 13.3. The second kappa shape index (κ2) is 10.8. The summed E-state index contributed by atoms with van der Waals surface area (Å²) in [6.07, 6.45) is 2.48. The van der Waals surface area contributed by atoms with Crippen molar-refractivity contribution in [3.05, 3.63) is 54.3 Å². The third-order valence-electron chi connectivity index (χ3n) is 6.42. The fourth-order valence-electron chi connectivity index (χ4n) is 4.42. The van der Waals surface area contributed by atoms with E-state index < -0.39 is 0 Å². The molecule has 0 bridgehead atoms. The smallest absolute Gasteiger partial charge is 0.241 e. The highest BCUT2D eigenvalue weighted by Crippen LogP contribution is 2.22. The van der Waals surface area contributed by atoms with Gasteiger partial charge < -0.3 is 15.5 Å². The van der Waals surface area contributed by atoms with Crippen molar-refractivity contribution in [2.75, 3.05) is 61.3 Å². The van der Waals surface area contributed by atoms with Crippen LogP contribution in [0.4, 0.5) is 21.5 Å². The summed E-state index contributed by atoms with van der Waals surface area (Å²) in [5.74, 6) is -0.576. The number of carbonyl (C=O) groups is 2. The van der Waals surface area contributed by atoms with Crippen LogP contribution in [0.15, 0.2) is 48.5 Å². The molecule has 0 aliphatic carbocycles. The number of halogens is 1. The van der Waals surface area contributed by atoms with Crippen molar-refractivity contribution >= 4 is 28.9 Å². The Hall–Kier alpha value is -2.97. The molecule has 2 aromatic carbocycles. The number of nitrogens with one attached hydrogen (secondary N) is 2. The van der Waals surface area contributed by atoms with Crippen molar-refractivity contribution in [3.63, 3.8) is 0 Å². The zero-order valence-corrected chi connectivity index (χ0v) is 19.1. The molecule has 0 aromatic heterocycles. The van der Waals surface area contributed by atoms with E-state index in [4.69, 9.17) is 0 Å². The highest BCUT2D eigenvalue weighted by molar-refractivity contribution is 5.94. The Morgan fingerprint density at radius 3 is 2.27 bits per heavy atom. The molecule has 2 saturated heterocycles. The Balaban J connectivity index is 1.20. The van der Waals surface area contributed by atoms with Crippen LogP contribution < -0.4 is 15.5 Å². The van der Waals surface area contributed by atoms with Gasteiger partial charge in [0.2, 0.25) is 11.8 Å². The predicted molar refractivity (Wildman–Crippen MR) is 129 cm³/mol. The number of anilines is 3. The summed E-state index contributed by atoms with van der Waals surface area (Å²) in [7, 11) is 0. The van der Waals surface area contributed by atoms with Gasteiger partial charge in [-0.1, -0.05) is 6.07 Å². The van der Waals surface area contributed by atoms with Crippen LogP contribution in [0.2, 0.25) is 0 Å². The first-order valence-electron chi connectivity index (χ1n) is 11.7. The largest absolute Gasteiger partial charge is 0.372 e. The highest BCUT2D eigenvalue weighted by Gasteiger charge is 2.26. The van der Waals surface area contributed by atoms with E-state index >= 15 is 0 Å². The monoisotopic (exact) mass is 453 g/mol. The van der Waals surface area contributed by atoms with E-state index in [1.165, 1.54) is 30.7 Å². The van der Waals surface area contributed by atoms with Gasteiger partial charge >= 0.3 is 0 Å². The third kappa shape index (κ3) is 6.30. The molecule has 33 heavy (non-hydrogen) atoms. The minimum absolute atomic E-state index is 0.0331. The van der Waals surface area contributed by atoms with E-state index in [-0.39, 0.29) is 23.7 Å². The fourth-order valence-corrected chi connectivity index (χ4v) is 4.42. The average Bonchev–Trinajstić information content (AvgIpc) is 3.34. The molecule has 2 N–H and O–H groups in total. The molecular weight excluding hydrogens is 421 g/mol. The molecule has 0 radical (unpaired) electrons. The SMILES string of the molecule is CC(C(=O)Nc1cccc(F)c1)N1CCN(CC(=O)Nc2ccc(N3CCCC3)cc2)CC1. The van der Waals surface area contributed by atoms with Crippen molar-refractivity contribution in [1.29, 1.82) is 0 Å². The van der Waals surface area contributed by atoms with Crippen molar-refractivity contribution < 1.29 is 14.0 Å². The second-order valence-electron chi connectivity index (χ2n) is 8.78. The molecule has 7 nitrogen and oxygen atoms in total. The number of benzene rings is 2. The quantitative estimate of drug-likeness (QED) is 0.675. The maximum Gasteiger partial charge on any atom is 0.241 e. The molecule has 4 rings (SSSR count). The summed E-state index contributed by atoms with van der Waals surface area (Å²) < 4.78 is 13.3. The summed E-state index contributed by atoms with van der Waals surface area (Å²) in [6, 6.07) is 13.6. The van der Waals surface area contributed by atoms with Gasteiger partial charge in [0.05, 0.1) is 12.6 Å². The number of hydrogen-bond donors (Lipinski definition) is 2. The van der Waals surface area contributed by atoms with Gasteiger partial charge in [0.1, 0.15) is 5.82 Å². The summed E-state index contributed by atoms with van der Waals surface area (Å²) in [5, 5.41) is 5.75. The van der Waals surface area contributed by atoms with Crippen LogP contribution in [0.3, 0.4) is 0 Å². The Labute approximate surface area is 194 Å². The molecular formula is C25H32FN5O2. The van der Waals surface area contributed by atoms with E-state index in [1.54, 1.807) is 12.1 Å². The Bertz CT molecular complexity index is 954. The lowest BCUT2D eigenvalue weighted by Gasteiger charge is -2.37. The van der Waals surface area contributed by atoms with Crippen molar-refractivity contribution in [2.45, 2.75) is 25.8 Å². The zero-order chi connectivity index (χ0) is 23.2. The molecule has 2 amide bonds. The topological polar surface area (TPSA) is 67.9 Å². The van der Waals surface area contributed by atoms with E-state index in [0.717, 1.165) is 18.8 Å². The first-order chi connectivity index (χ1) is 16.0. The van der Waals surface area contributed by atoms with E-state index in [1.807, 2.05) is 19.1 Å². The van der Waals surface area contributed by atoms with E-state index in [0.29, 0.717) is 38.4 Å². The van der Waals surface area contributed by atoms with Crippen LogP contribution in [0, 0.1) is 5.82 Å². The summed E-state index contributed by atoms with van der Waals surface area (Å²) in [4.78, 5) is 31.6. The fraction of sp³-hybridized carbons (Fsp3) is 0.440. The first kappa shape index (κ1) is 23.2. The van der Waals surface area contributed by atoms with Crippen LogP contribution in [0.1, 0.15) is 19.8 Å². The van der Waals surface area contributed by atoms with E-state index in [2.05, 4.69) is 37.5 Å². The van der Waals surface area contributed by atoms with Gasteiger partial charge in [-0.3, -0.25) is 19.4 Å². The number of amides is 2. The molecule has 1 unspecified atom stereocenters. The molecule has 0 saturated carbocycles. The molecule has 2 aliphatic heterocycles. The lowest BCUT2D eigenvalue weighted by Crippen LogP contribution is -2.53. The minimum atomic E-state index is -0.380. The van der Waals surface area contributed by atoms with Gasteiger partial charge in [0, 0.05) is 56.3 Å². The predicted octanol–water partition coefficient (Wildman–Crippen LogP) is 3.01. The molecule has 8 heteroatoms. The van der Waals surface area contributed by atoms with Crippen LogP contribution in [0.5, 0.6) is 0 Å². The summed E-state index contributed by atoms with van der Waals surface area (Å²) in [6.45, 7) is 7.17. The van der Waals surface area contributed by atoms with Crippen LogP contribution >= 0.6 is 0 Å². The van der Waals surface area contributed by atoms with Crippen LogP contribution in [-0.2, 0) is 9.59 Å². The Morgan fingerprint density at radius 1 is 0.909 bits per heavy atom. The molecule has 0 spiro atoms. The Kier molecular flexibility index (Phi) is 7.57. The van der Waals surface area contributed by atoms with Gasteiger partial charge in [-0.25, -0.2) is 4.39 Å². The lowest BCUT2D eigenvalue weighted by atomic mass is 10.2. The minimum Gasteiger partial charge on any atom is -0.372 e. The summed E-state index contributed by atoms with van der Waals surface area (Å²) in [5.41, 5.74) is 2.47. The van der Waals surface area contributed by atoms with Crippen LogP contribution in [0.25, 0.3) is 0 Å². The molecule has 2 aliphatic rings. The number of rotatable bonds is 7. The number of piperazine rings is 1. The van der Waals surface area contributed by atoms with Crippen molar-refractivity contribution in [3.8, 4) is 0 Å². The van der Waals surface area contributed by atoms with Crippen molar-refractivity contribution in [1.82, 2.24) is 9.80 Å². The van der Waals surface area contributed by atoms with Crippen molar-refractivity contribution in [2.24, 2.45) is 0 Å². The average molecular weight is 454 g/mol. The maximum absolute atomic E-state index is 13.3. The van der Waals surface area contributed by atoms with Gasteiger partial charge in [-0.2, -0.15) is 0 Å². The first-order valence-corrected chi connectivity index (χ1v) is 11.7. The van der Waals surface area contributed by atoms with Gasteiger partial charge in [-0.05, 0) is 62.2 Å².